The van der Waals surface area contributed by atoms with E-state index in [4.69, 9.17) is 33.4 Å². The Labute approximate surface area is 243 Å². The monoisotopic (exact) mass is 575 g/mol. The van der Waals surface area contributed by atoms with Gasteiger partial charge in [0.2, 0.25) is 5.91 Å². The lowest BCUT2D eigenvalue weighted by Crippen LogP contribution is -2.38. The molecule has 0 radical (unpaired) electrons. The van der Waals surface area contributed by atoms with E-state index in [9.17, 15) is 9.59 Å². The second-order valence-electron chi connectivity index (χ2n) is 10.9. The van der Waals surface area contributed by atoms with E-state index in [2.05, 4.69) is 47.1 Å². The smallest absolute Gasteiger partial charge is 0.303 e. The Hall–Kier alpha value is -3.35. The minimum atomic E-state index is -0.936. The van der Waals surface area contributed by atoms with Crippen LogP contribution in [0.3, 0.4) is 0 Å². The molecule has 206 valence electrons. The van der Waals surface area contributed by atoms with E-state index in [0.717, 1.165) is 42.3 Å². The molecular formula is C32H31Cl2N3O3. The number of benzene rings is 3. The Morgan fingerprint density at radius 1 is 0.825 bits per heavy atom. The van der Waals surface area contributed by atoms with Crippen molar-refractivity contribution in [1.82, 2.24) is 14.7 Å². The van der Waals surface area contributed by atoms with Gasteiger partial charge in [0.15, 0.2) is 0 Å². The first-order valence-electron chi connectivity index (χ1n) is 13.9. The van der Waals surface area contributed by atoms with Gasteiger partial charge in [0.05, 0.1) is 18.0 Å². The lowest BCUT2D eigenvalue weighted by atomic mass is 9.84. The van der Waals surface area contributed by atoms with Crippen LogP contribution >= 0.6 is 23.2 Å². The highest BCUT2D eigenvalue weighted by atomic mass is 35.5. The molecule has 1 N–H and O–H groups in total. The second-order valence-corrected chi connectivity index (χ2v) is 11.8. The summed E-state index contributed by atoms with van der Waals surface area (Å²) in [4.78, 5) is 25.3. The molecule has 1 aliphatic heterocycles. The van der Waals surface area contributed by atoms with Gasteiger partial charge in [-0.15, -0.1) is 0 Å². The zero-order valence-corrected chi connectivity index (χ0v) is 23.6. The van der Waals surface area contributed by atoms with E-state index in [1.54, 1.807) is 0 Å². The molecule has 6 rings (SSSR count). The molecular weight excluding hydrogens is 545 g/mol. The van der Waals surface area contributed by atoms with E-state index in [1.807, 2.05) is 29.2 Å². The van der Waals surface area contributed by atoms with Crippen LogP contribution in [0.1, 0.15) is 78.8 Å². The van der Waals surface area contributed by atoms with Crippen molar-refractivity contribution in [3.8, 4) is 0 Å². The normalized spacial score (nSPS) is 16.1. The van der Waals surface area contributed by atoms with E-state index in [1.165, 1.54) is 16.6 Å². The SMILES string of the molecule is O=C(O)CCC(=O)N1CCC(c2c3cc(C(c4ccc(Cl)cc4)c4ccc(Cl)cc4)ccc3nn2C2CC2)CC1. The summed E-state index contributed by atoms with van der Waals surface area (Å²) >= 11 is 12.5. The Morgan fingerprint density at radius 2 is 1.40 bits per heavy atom. The molecule has 0 bridgehead atoms. The number of hydrogen-bond donors (Lipinski definition) is 1. The second kappa shape index (κ2) is 11.3. The summed E-state index contributed by atoms with van der Waals surface area (Å²) in [5.41, 5.74) is 5.74. The molecule has 1 saturated carbocycles. The van der Waals surface area contributed by atoms with Crippen molar-refractivity contribution >= 4 is 46.0 Å². The number of nitrogens with zero attached hydrogens (tertiary/aromatic N) is 3. The van der Waals surface area contributed by atoms with Gasteiger partial charge in [-0.1, -0.05) is 53.5 Å². The molecule has 2 fully saturated rings. The highest BCUT2D eigenvalue weighted by Crippen LogP contribution is 2.43. The van der Waals surface area contributed by atoms with E-state index >= 15 is 0 Å². The molecule has 4 aromatic rings. The number of halogens is 2. The minimum Gasteiger partial charge on any atom is -0.481 e. The molecule has 1 aromatic heterocycles. The van der Waals surface area contributed by atoms with Gasteiger partial charge in [-0.2, -0.15) is 5.10 Å². The highest BCUT2D eigenvalue weighted by molar-refractivity contribution is 6.30. The van der Waals surface area contributed by atoms with Gasteiger partial charge in [-0.3, -0.25) is 14.3 Å². The van der Waals surface area contributed by atoms with Crippen LogP contribution in [-0.4, -0.2) is 44.8 Å². The van der Waals surface area contributed by atoms with Crippen molar-refractivity contribution in [3.05, 3.63) is 99.2 Å². The first-order chi connectivity index (χ1) is 19.4. The lowest BCUT2D eigenvalue weighted by Gasteiger charge is -2.32. The van der Waals surface area contributed by atoms with Gasteiger partial charge in [0.1, 0.15) is 0 Å². The summed E-state index contributed by atoms with van der Waals surface area (Å²) in [5, 5.41) is 16.6. The summed E-state index contributed by atoms with van der Waals surface area (Å²) in [6, 6.07) is 23.1. The number of fused-ring (bicyclic) bond motifs is 1. The topological polar surface area (TPSA) is 75.4 Å². The molecule has 1 amide bonds. The number of rotatable bonds is 8. The Kier molecular flexibility index (Phi) is 7.56. The number of amides is 1. The predicted octanol–water partition coefficient (Wildman–Crippen LogP) is 7.43. The molecule has 3 aromatic carbocycles. The number of carbonyl (C=O) groups is 2. The van der Waals surface area contributed by atoms with Crippen LogP contribution in [0.25, 0.3) is 10.9 Å². The van der Waals surface area contributed by atoms with Crippen molar-refractivity contribution in [2.45, 2.75) is 56.4 Å². The van der Waals surface area contributed by atoms with E-state index in [-0.39, 0.29) is 30.6 Å². The first-order valence-corrected chi connectivity index (χ1v) is 14.7. The van der Waals surface area contributed by atoms with Gasteiger partial charge in [-0.25, -0.2) is 0 Å². The van der Waals surface area contributed by atoms with Crippen LogP contribution in [0, 0.1) is 0 Å². The fourth-order valence-electron chi connectivity index (χ4n) is 5.99. The summed E-state index contributed by atoms with van der Waals surface area (Å²) < 4.78 is 2.25. The van der Waals surface area contributed by atoms with Crippen molar-refractivity contribution in [2.75, 3.05) is 13.1 Å². The van der Waals surface area contributed by atoms with Crippen LogP contribution in [0.2, 0.25) is 10.0 Å². The van der Waals surface area contributed by atoms with Crippen molar-refractivity contribution in [3.63, 3.8) is 0 Å². The average molecular weight is 577 g/mol. The molecule has 0 atom stereocenters. The number of carboxylic acids is 1. The maximum absolute atomic E-state index is 12.6. The first kappa shape index (κ1) is 26.9. The third-order valence-electron chi connectivity index (χ3n) is 8.18. The summed E-state index contributed by atoms with van der Waals surface area (Å²) in [6.45, 7) is 1.27. The Balaban J connectivity index is 1.36. The highest BCUT2D eigenvalue weighted by Gasteiger charge is 2.34. The molecule has 0 unspecified atom stereocenters. The summed E-state index contributed by atoms with van der Waals surface area (Å²) in [7, 11) is 0. The van der Waals surface area contributed by atoms with E-state index < -0.39 is 5.97 Å². The maximum Gasteiger partial charge on any atom is 0.303 e. The molecule has 1 saturated heterocycles. The Bertz CT molecular complexity index is 1490. The summed E-state index contributed by atoms with van der Waals surface area (Å²) in [5.74, 6) is -0.717. The maximum atomic E-state index is 12.6. The zero-order valence-electron chi connectivity index (χ0n) is 22.1. The number of likely N-dealkylation sites (tertiary alicyclic amines) is 1. The van der Waals surface area contributed by atoms with Crippen LogP contribution in [0.4, 0.5) is 0 Å². The molecule has 1 aliphatic carbocycles. The fraction of sp³-hybridized carbons (Fsp3) is 0.344. The Morgan fingerprint density at radius 3 is 1.95 bits per heavy atom. The quantitative estimate of drug-likeness (QED) is 0.222. The molecule has 8 heteroatoms. The third-order valence-corrected chi connectivity index (χ3v) is 8.68. The minimum absolute atomic E-state index is 0.00441. The van der Waals surface area contributed by atoms with Gasteiger partial charge >= 0.3 is 5.97 Å². The lowest BCUT2D eigenvalue weighted by molar-refractivity contribution is -0.141. The molecule has 2 heterocycles. The summed E-state index contributed by atoms with van der Waals surface area (Å²) in [6.07, 6.45) is 3.89. The van der Waals surface area contributed by atoms with Gasteiger partial charge in [0.25, 0.3) is 0 Å². The van der Waals surface area contributed by atoms with Gasteiger partial charge in [0, 0.05) is 52.5 Å². The molecule has 0 spiro atoms. The number of hydrogen-bond acceptors (Lipinski definition) is 3. The third kappa shape index (κ3) is 5.61. The predicted molar refractivity (Wildman–Crippen MR) is 157 cm³/mol. The van der Waals surface area contributed by atoms with Crippen LogP contribution < -0.4 is 0 Å². The van der Waals surface area contributed by atoms with E-state index in [0.29, 0.717) is 29.2 Å². The van der Waals surface area contributed by atoms with Crippen molar-refractivity contribution < 1.29 is 14.7 Å². The largest absolute Gasteiger partial charge is 0.481 e. The van der Waals surface area contributed by atoms with Crippen LogP contribution in [0.5, 0.6) is 0 Å². The van der Waals surface area contributed by atoms with Crippen LogP contribution in [0.15, 0.2) is 66.7 Å². The fourth-order valence-corrected chi connectivity index (χ4v) is 6.24. The number of carbonyl (C=O) groups excluding carboxylic acids is 1. The van der Waals surface area contributed by atoms with Crippen LogP contribution in [-0.2, 0) is 9.59 Å². The average Bonchev–Trinajstić information content (AvgIpc) is 3.74. The number of aromatic nitrogens is 2. The molecule has 40 heavy (non-hydrogen) atoms. The van der Waals surface area contributed by atoms with Crippen molar-refractivity contribution in [2.24, 2.45) is 0 Å². The number of aliphatic carboxylic acids is 1. The van der Waals surface area contributed by atoms with Gasteiger partial charge < -0.3 is 10.0 Å². The number of piperidine rings is 1. The van der Waals surface area contributed by atoms with Crippen molar-refractivity contribution in [1.29, 1.82) is 0 Å². The number of carboxylic acid groups (broad SMARTS) is 1. The molecule has 2 aliphatic rings. The zero-order chi connectivity index (χ0) is 27.8. The van der Waals surface area contributed by atoms with Gasteiger partial charge in [-0.05, 0) is 78.8 Å². The molecule has 6 nitrogen and oxygen atoms in total. The standard InChI is InChI=1S/C32H31Cl2N3O3/c33-24-6-1-20(2-7-24)31(21-3-8-25(34)9-4-21)23-5-12-28-27(19-23)32(37(35-28)26-10-11-26)22-15-17-36(18-16-22)29(38)13-14-30(39)40/h1-9,12,19,22,26,31H,10-11,13-18H2,(H,39,40).